The molecule has 0 aromatic rings. The van der Waals surface area contributed by atoms with E-state index in [0.29, 0.717) is 6.10 Å². The molecule has 0 aromatic carbocycles. The highest BCUT2D eigenvalue weighted by atomic mass is 16.5. The SMILES string of the molecule is CCOC1CCN(CC(C)(N)CO)CC1. The molecule has 1 saturated heterocycles. The van der Waals surface area contributed by atoms with Gasteiger partial charge >= 0.3 is 0 Å². The number of nitrogens with zero attached hydrogens (tertiary/aromatic N) is 1. The molecule has 1 atom stereocenters. The number of hydrogen-bond donors (Lipinski definition) is 2. The average Bonchev–Trinajstić information content (AvgIpc) is 2.21. The second-order valence-electron chi connectivity index (χ2n) is 4.74. The first-order valence-electron chi connectivity index (χ1n) is 5.81. The van der Waals surface area contributed by atoms with Crippen LogP contribution in [0.1, 0.15) is 26.7 Å². The first kappa shape index (κ1) is 12.9. The highest BCUT2D eigenvalue weighted by Crippen LogP contribution is 2.15. The zero-order chi connectivity index (χ0) is 11.3. The van der Waals surface area contributed by atoms with Gasteiger partial charge in [0.05, 0.1) is 12.7 Å². The van der Waals surface area contributed by atoms with Gasteiger partial charge in [-0.25, -0.2) is 0 Å². The Kier molecular flexibility index (Phi) is 4.99. The van der Waals surface area contributed by atoms with Gasteiger partial charge in [-0.1, -0.05) is 0 Å². The molecule has 15 heavy (non-hydrogen) atoms. The van der Waals surface area contributed by atoms with Crippen LogP contribution in [0.25, 0.3) is 0 Å². The zero-order valence-electron chi connectivity index (χ0n) is 9.91. The minimum Gasteiger partial charge on any atom is -0.394 e. The minimum atomic E-state index is -0.474. The first-order valence-corrected chi connectivity index (χ1v) is 5.81. The summed E-state index contributed by atoms with van der Waals surface area (Å²) >= 11 is 0. The molecule has 1 heterocycles. The predicted octanol–water partition coefficient (Wildman–Crippen LogP) is 0.197. The van der Waals surface area contributed by atoms with Gasteiger partial charge in [0, 0.05) is 31.8 Å². The van der Waals surface area contributed by atoms with Crippen molar-refractivity contribution in [3.05, 3.63) is 0 Å². The van der Waals surface area contributed by atoms with E-state index in [1.54, 1.807) is 0 Å². The number of ether oxygens (including phenoxy) is 1. The number of likely N-dealkylation sites (tertiary alicyclic amines) is 1. The summed E-state index contributed by atoms with van der Waals surface area (Å²) in [5.41, 5.74) is 5.44. The summed E-state index contributed by atoms with van der Waals surface area (Å²) in [5, 5.41) is 9.08. The molecule has 1 fully saturated rings. The first-order chi connectivity index (χ1) is 7.07. The molecule has 4 heteroatoms. The lowest BCUT2D eigenvalue weighted by Crippen LogP contribution is -2.52. The Morgan fingerprint density at radius 3 is 2.53 bits per heavy atom. The Hall–Kier alpha value is -0.160. The van der Waals surface area contributed by atoms with E-state index < -0.39 is 5.54 Å². The molecule has 1 aliphatic heterocycles. The Bertz CT molecular complexity index is 177. The summed E-state index contributed by atoms with van der Waals surface area (Å²) in [6.07, 6.45) is 2.58. The highest BCUT2D eigenvalue weighted by molar-refractivity contribution is 4.84. The van der Waals surface area contributed by atoms with Gasteiger partial charge in [0.25, 0.3) is 0 Å². The fourth-order valence-corrected chi connectivity index (χ4v) is 2.03. The van der Waals surface area contributed by atoms with Crippen molar-refractivity contribution in [2.24, 2.45) is 5.73 Å². The van der Waals surface area contributed by atoms with E-state index in [1.807, 2.05) is 13.8 Å². The van der Waals surface area contributed by atoms with Gasteiger partial charge in [0.15, 0.2) is 0 Å². The minimum absolute atomic E-state index is 0.0401. The summed E-state index contributed by atoms with van der Waals surface area (Å²) in [5.74, 6) is 0. The van der Waals surface area contributed by atoms with Crippen LogP contribution in [0, 0.1) is 0 Å². The van der Waals surface area contributed by atoms with E-state index in [0.717, 1.165) is 39.1 Å². The number of rotatable bonds is 5. The average molecular weight is 216 g/mol. The van der Waals surface area contributed by atoms with Crippen LogP contribution in [0.2, 0.25) is 0 Å². The quantitative estimate of drug-likeness (QED) is 0.689. The monoisotopic (exact) mass is 216 g/mol. The molecular weight excluding hydrogens is 192 g/mol. The maximum absolute atomic E-state index is 9.08. The van der Waals surface area contributed by atoms with Crippen LogP contribution in [-0.4, -0.2) is 54.5 Å². The standard InChI is InChI=1S/C11H24N2O2/c1-3-15-10-4-6-13(7-5-10)8-11(2,12)9-14/h10,14H,3-9,12H2,1-2H3. The number of piperidine rings is 1. The lowest BCUT2D eigenvalue weighted by molar-refractivity contribution is 0.00769. The summed E-state index contributed by atoms with van der Waals surface area (Å²) in [6, 6.07) is 0. The van der Waals surface area contributed by atoms with Crippen molar-refractivity contribution in [3.8, 4) is 0 Å². The lowest BCUT2D eigenvalue weighted by atomic mass is 10.0. The van der Waals surface area contributed by atoms with E-state index in [4.69, 9.17) is 15.6 Å². The van der Waals surface area contributed by atoms with Gasteiger partial charge in [0.1, 0.15) is 0 Å². The maximum atomic E-state index is 9.08. The van der Waals surface area contributed by atoms with Crippen LogP contribution in [0.4, 0.5) is 0 Å². The molecule has 0 bridgehead atoms. The predicted molar refractivity (Wildman–Crippen MR) is 60.8 cm³/mol. The molecule has 1 unspecified atom stereocenters. The third kappa shape index (κ3) is 4.47. The second kappa shape index (κ2) is 5.80. The molecule has 0 radical (unpaired) electrons. The number of aliphatic hydroxyl groups is 1. The molecule has 3 N–H and O–H groups in total. The molecule has 0 aromatic heterocycles. The summed E-state index contributed by atoms with van der Waals surface area (Å²) in [7, 11) is 0. The highest BCUT2D eigenvalue weighted by Gasteiger charge is 2.25. The largest absolute Gasteiger partial charge is 0.394 e. The molecular formula is C11H24N2O2. The summed E-state index contributed by atoms with van der Waals surface area (Å²) in [6.45, 7) is 7.59. The molecule has 90 valence electrons. The third-order valence-electron chi connectivity index (χ3n) is 2.88. The van der Waals surface area contributed by atoms with E-state index >= 15 is 0 Å². The van der Waals surface area contributed by atoms with Crippen LogP contribution in [0.3, 0.4) is 0 Å². The van der Waals surface area contributed by atoms with Crippen molar-refractivity contribution in [1.82, 2.24) is 4.90 Å². The molecule has 4 nitrogen and oxygen atoms in total. The number of aliphatic hydroxyl groups excluding tert-OH is 1. The van der Waals surface area contributed by atoms with Crippen molar-refractivity contribution in [3.63, 3.8) is 0 Å². The van der Waals surface area contributed by atoms with Crippen molar-refractivity contribution in [2.45, 2.75) is 38.3 Å². The van der Waals surface area contributed by atoms with E-state index in [1.165, 1.54) is 0 Å². The molecule has 1 aliphatic rings. The smallest absolute Gasteiger partial charge is 0.0621 e. The molecule has 1 rings (SSSR count). The maximum Gasteiger partial charge on any atom is 0.0621 e. The molecule has 0 amide bonds. The van der Waals surface area contributed by atoms with Crippen LogP contribution in [-0.2, 0) is 4.74 Å². The van der Waals surface area contributed by atoms with Gasteiger partial charge in [-0.15, -0.1) is 0 Å². The third-order valence-corrected chi connectivity index (χ3v) is 2.88. The molecule has 0 saturated carbocycles. The van der Waals surface area contributed by atoms with Gasteiger partial charge in [-0.05, 0) is 26.7 Å². The number of hydrogen-bond acceptors (Lipinski definition) is 4. The fraction of sp³-hybridized carbons (Fsp3) is 1.00. The van der Waals surface area contributed by atoms with Gasteiger partial charge < -0.3 is 20.5 Å². The van der Waals surface area contributed by atoms with E-state index in [2.05, 4.69) is 4.90 Å². The van der Waals surface area contributed by atoms with E-state index in [9.17, 15) is 0 Å². The Labute approximate surface area is 92.4 Å². The van der Waals surface area contributed by atoms with Gasteiger partial charge in [-0.2, -0.15) is 0 Å². The zero-order valence-corrected chi connectivity index (χ0v) is 9.91. The van der Waals surface area contributed by atoms with Gasteiger partial charge in [0.2, 0.25) is 0 Å². The Morgan fingerprint density at radius 2 is 2.07 bits per heavy atom. The Morgan fingerprint density at radius 1 is 1.47 bits per heavy atom. The van der Waals surface area contributed by atoms with Crippen LogP contribution in [0.5, 0.6) is 0 Å². The van der Waals surface area contributed by atoms with Crippen molar-refractivity contribution in [2.75, 3.05) is 32.8 Å². The topological polar surface area (TPSA) is 58.7 Å². The van der Waals surface area contributed by atoms with Crippen LogP contribution < -0.4 is 5.73 Å². The summed E-state index contributed by atoms with van der Waals surface area (Å²) in [4.78, 5) is 2.31. The fourth-order valence-electron chi connectivity index (χ4n) is 2.03. The molecule has 0 spiro atoms. The number of nitrogens with two attached hydrogens (primary N) is 1. The Balaban J connectivity index is 2.25. The van der Waals surface area contributed by atoms with Gasteiger partial charge in [-0.3, -0.25) is 0 Å². The summed E-state index contributed by atoms with van der Waals surface area (Å²) < 4.78 is 5.58. The van der Waals surface area contributed by atoms with Crippen molar-refractivity contribution >= 4 is 0 Å². The second-order valence-corrected chi connectivity index (χ2v) is 4.74. The van der Waals surface area contributed by atoms with Crippen LogP contribution in [0.15, 0.2) is 0 Å². The van der Waals surface area contributed by atoms with Crippen molar-refractivity contribution in [1.29, 1.82) is 0 Å². The molecule has 0 aliphatic carbocycles. The van der Waals surface area contributed by atoms with E-state index in [-0.39, 0.29) is 6.61 Å². The lowest BCUT2D eigenvalue weighted by Gasteiger charge is -2.36. The van der Waals surface area contributed by atoms with Crippen LogP contribution >= 0.6 is 0 Å². The van der Waals surface area contributed by atoms with Crippen molar-refractivity contribution < 1.29 is 9.84 Å². The normalized spacial score (nSPS) is 24.0.